The molecule has 0 unspecified atom stereocenters. The molecule has 23 heavy (non-hydrogen) atoms. The lowest BCUT2D eigenvalue weighted by atomic mass is 9.93. The molecule has 0 radical (unpaired) electrons. The quantitative estimate of drug-likeness (QED) is 0.551. The summed E-state index contributed by atoms with van der Waals surface area (Å²) in [4.78, 5) is 3.28. The number of rotatable bonds is 1. The van der Waals surface area contributed by atoms with Crippen LogP contribution in [0.2, 0.25) is 0 Å². The molecule has 0 amide bonds. The molecule has 1 aromatic heterocycles. The van der Waals surface area contributed by atoms with Crippen molar-refractivity contribution in [1.82, 2.24) is 4.98 Å². The number of fused-ring (bicyclic) bond motifs is 3. The Morgan fingerprint density at radius 1 is 0.739 bits per heavy atom. The van der Waals surface area contributed by atoms with Gasteiger partial charge < -0.3 is 4.98 Å². The monoisotopic (exact) mass is 293 g/mol. The molecule has 1 N–H and O–H groups in total. The SMILES string of the molecule is N#Cc1c(-c2ccccc2)cc2c([nH]c3ccccc32)c1C#N. The van der Waals surface area contributed by atoms with Gasteiger partial charge in [0.2, 0.25) is 0 Å². The topological polar surface area (TPSA) is 63.4 Å². The van der Waals surface area contributed by atoms with Gasteiger partial charge in [0.05, 0.1) is 16.6 Å². The van der Waals surface area contributed by atoms with E-state index in [-0.39, 0.29) is 0 Å². The van der Waals surface area contributed by atoms with Crippen molar-refractivity contribution in [1.29, 1.82) is 10.5 Å². The zero-order valence-electron chi connectivity index (χ0n) is 12.2. The van der Waals surface area contributed by atoms with E-state index in [1.807, 2.05) is 60.7 Å². The van der Waals surface area contributed by atoms with Gasteiger partial charge in [-0.15, -0.1) is 0 Å². The van der Waals surface area contributed by atoms with E-state index in [9.17, 15) is 10.5 Å². The predicted molar refractivity (Wildman–Crippen MR) is 90.7 cm³/mol. The first kappa shape index (κ1) is 13.1. The highest BCUT2D eigenvalue weighted by molar-refractivity contribution is 6.11. The summed E-state index contributed by atoms with van der Waals surface area (Å²) in [6, 6.07) is 24.1. The first-order chi connectivity index (χ1) is 11.3. The van der Waals surface area contributed by atoms with Gasteiger partial charge in [0, 0.05) is 21.9 Å². The summed E-state index contributed by atoms with van der Waals surface area (Å²) in [7, 11) is 0. The number of nitrogens with one attached hydrogen (secondary N) is 1. The minimum absolute atomic E-state index is 0.403. The van der Waals surface area contributed by atoms with Crippen molar-refractivity contribution < 1.29 is 0 Å². The molecule has 0 atom stereocenters. The van der Waals surface area contributed by atoms with Crippen molar-refractivity contribution in [2.24, 2.45) is 0 Å². The second kappa shape index (κ2) is 5.02. The Labute approximate surface area is 133 Å². The fourth-order valence-corrected chi connectivity index (χ4v) is 3.06. The molecule has 3 aromatic carbocycles. The van der Waals surface area contributed by atoms with Gasteiger partial charge in [-0.3, -0.25) is 0 Å². The molecule has 4 rings (SSSR count). The molecule has 106 valence electrons. The number of nitrogens with zero attached hydrogens (tertiary/aromatic N) is 2. The maximum Gasteiger partial charge on any atom is 0.103 e. The number of aromatic nitrogens is 1. The number of para-hydroxylation sites is 1. The summed E-state index contributed by atoms with van der Waals surface area (Å²) in [5.74, 6) is 0. The van der Waals surface area contributed by atoms with E-state index in [2.05, 4.69) is 17.1 Å². The lowest BCUT2D eigenvalue weighted by Gasteiger charge is -2.07. The highest BCUT2D eigenvalue weighted by Gasteiger charge is 2.17. The molecular formula is C20H11N3. The Hall–Kier alpha value is -3.56. The van der Waals surface area contributed by atoms with Crippen LogP contribution in [-0.2, 0) is 0 Å². The molecule has 4 aromatic rings. The summed E-state index contributed by atoms with van der Waals surface area (Å²) in [5, 5.41) is 21.3. The van der Waals surface area contributed by atoms with Gasteiger partial charge >= 0.3 is 0 Å². The van der Waals surface area contributed by atoms with Crippen LogP contribution in [0.15, 0.2) is 60.7 Å². The molecule has 0 saturated carbocycles. The standard InChI is InChI=1S/C20H11N3/c21-11-17-15(13-6-2-1-3-7-13)10-16-14-8-4-5-9-19(14)23-20(16)18(17)12-22/h1-10,23H. The largest absolute Gasteiger partial charge is 0.353 e. The number of hydrogen-bond acceptors (Lipinski definition) is 2. The molecule has 3 heteroatoms. The van der Waals surface area contributed by atoms with Crippen LogP contribution in [0.1, 0.15) is 11.1 Å². The van der Waals surface area contributed by atoms with Crippen molar-refractivity contribution in [3.63, 3.8) is 0 Å². The second-order valence-electron chi connectivity index (χ2n) is 5.36. The smallest absolute Gasteiger partial charge is 0.103 e. The lowest BCUT2D eigenvalue weighted by molar-refractivity contribution is 1.43. The van der Waals surface area contributed by atoms with Crippen LogP contribution in [0.4, 0.5) is 0 Å². The maximum atomic E-state index is 9.62. The third-order valence-electron chi connectivity index (χ3n) is 4.11. The summed E-state index contributed by atoms with van der Waals surface area (Å²) in [6.07, 6.45) is 0. The van der Waals surface area contributed by atoms with Crippen LogP contribution in [0.25, 0.3) is 32.9 Å². The van der Waals surface area contributed by atoms with Gasteiger partial charge in [-0.2, -0.15) is 10.5 Å². The zero-order chi connectivity index (χ0) is 15.8. The van der Waals surface area contributed by atoms with Gasteiger partial charge in [0.25, 0.3) is 0 Å². The number of benzene rings is 3. The summed E-state index contributed by atoms with van der Waals surface area (Å²) in [5.41, 5.74) is 4.24. The average molecular weight is 293 g/mol. The van der Waals surface area contributed by atoms with Gasteiger partial charge in [-0.05, 0) is 17.7 Å². The fourth-order valence-electron chi connectivity index (χ4n) is 3.06. The van der Waals surface area contributed by atoms with Crippen LogP contribution in [0.3, 0.4) is 0 Å². The minimum Gasteiger partial charge on any atom is -0.353 e. The summed E-state index contributed by atoms with van der Waals surface area (Å²) >= 11 is 0. The Kier molecular flexibility index (Phi) is 2.86. The highest BCUT2D eigenvalue weighted by atomic mass is 14.7. The van der Waals surface area contributed by atoms with Crippen molar-refractivity contribution in [3.8, 4) is 23.3 Å². The Bertz CT molecular complexity index is 1120. The molecule has 0 aliphatic rings. The summed E-state index contributed by atoms with van der Waals surface area (Å²) in [6.45, 7) is 0. The first-order valence-corrected chi connectivity index (χ1v) is 7.26. The zero-order valence-corrected chi connectivity index (χ0v) is 12.2. The van der Waals surface area contributed by atoms with E-state index < -0.39 is 0 Å². The summed E-state index contributed by atoms with van der Waals surface area (Å²) < 4.78 is 0. The van der Waals surface area contributed by atoms with Gasteiger partial charge in [-0.25, -0.2) is 0 Å². The van der Waals surface area contributed by atoms with Crippen LogP contribution in [-0.4, -0.2) is 4.98 Å². The molecule has 0 saturated heterocycles. The van der Waals surface area contributed by atoms with Crippen LogP contribution >= 0.6 is 0 Å². The average Bonchev–Trinajstić information content (AvgIpc) is 2.99. The molecule has 3 nitrogen and oxygen atoms in total. The normalized spacial score (nSPS) is 10.5. The van der Waals surface area contributed by atoms with Crippen molar-refractivity contribution in [2.45, 2.75) is 0 Å². The van der Waals surface area contributed by atoms with Crippen LogP contribution < -0.4 is 0 Å². The van der Waals surface area contributed by atoms with E-state index in [4.69, 9.17) is 0 Å². The molecule has 0 aliphatic carbocycles. The van der Waals surface area contributed by atoms with E-state index in [0.717, 1.165) is 32.9 Å². The third kappa shape index (κ3) is 1.88. The van der Waals surface area contributed by atoms with E-state index in [0.29, 0.717) is 11.1 Å². The Balaban J connectivity index is 2.21. The van der Waals surface area contributed by atoms with Gasteiger partial charge in [0.15, 0.2) is 0 Å². The first-order valence-electron chi connectivity index (χ1n) is 7.26. The third-order valence-corrected chi connectivity index (χ3v) is 4.11. The predicted octanol–water partition coefficient (Wildman–Crippen LogP) is 4.73. The van der Waals surface area contributed by atoms with E-state index >= 15 is 0 Å². The van der Waals surface area contributed by atoms with Crippen LogP contribution in [0, 0.1) is 22.7 Å². The van der Waals surface area contributed by atoms with Crippen molar-refractivity contribution in [2.75, 3.05) is 0 Å². The lowest BCUT2D eigenvalue weighted by Crippen LogP contribution is -1.91. The van der Waals surface area contributed by atoms with Crippen LogP contribution in [0.5, 0.6) is 0 Å². The Morgan fingerprint density at radius 3 is 2.17 bits per heavy atom. The fraction of sp³-hybridized carbons (Fsp3) is 0. The molecule has 1 heterocycles. The molecule has 0 aliphatic heterocycles. The van der Waals surface area contributed by atoms with Crippen molar-refractivity contribution in [3.05, 3.63) is 71.8 Å². The van der Waals surface area contributed by atoms with E-state index in [1.165, 1.54) is 0 Å². The molecule has 0 spiro atoms. The Morgan fingerprint density at radius 2 is 1.43 bits per heavy atom. The van der Waals surface area contributed by atoms with E-state index in [1.54, 1.807) is 0 Å². The van der Waals surface area contributed by atoms with Gasteiger partial charge in [-0.1, -0.05) is 48.5 Å². The molecular weight excluding hydrogens is 282 g/mol. The maximum absolute atomic E-state index is 9.62. The highest BCUT2D eigenvalue weighted by Crippen LogP contribution is 2.35. The number of aromatic amines is 1. The second-order valence-corrected chi connectivity index (χ2v) is 5.36. The minimum atomic E-state index is 0.403. The molecule has 0 bridgehead atoms. The van der Waals surface area contributed by atoms with Gasteiger partial charge in [0.1, 0.15) is 12.1 Å². The van der Waals surface area contributed by atoms with Crippen molar-refractivity contribution >= 4 is 21.8 Å². The molecule has 0 fully saturated rings. The number of nitriles is 2. The number of H-pyrrole nitrogens is 1. The number of hydrogen-bond donors (Lipinski definition) is 1.